The Bertz CT molecular complexity index is 1180. The van der Waals surface area contributed by atoms with Crippen molar-refractivity contribution in [2.24, 2.45) is 0 Å². The highest BCUT2D eigenvalue weighted by Crippen LogP contribution is 2.39. The van der Waals surface area contributed by atoms with Crippen molar-refractivity contribution < 1.29 is 36.3 Å². The van der Waals surface area contributed by atoms with E-state index in [0.717, 1.165) is 6.07 Å². The molecule has 2 amide bonds. The highest BCUT2D eigenvalue weighted by Gasteiger charge is 2.45. The largest absolute Gasteiger partial charge is 0.455 e. The number of aliphatic hydroxyl groups is 1. The lowest BCUT2D eigenvalue weighted by atomic mass is 10.1. The lowest BCUT2D eigenvalue weighted by Crippen LogP contribution is -2.40. The molecule has 0 radical (unpaired) electrons. The number of fused-ring (bicyclic) bond motifs is 1. The summed E-state index contributed by atoms with van der Waals surface area (Å²) in [7, 11) is 0. The summed E-state index contributed by atoms with van der Waals surface area (Å²) in [6, 6.07) is -2.52. The van der Waals surface area contributed by atoms with Crippen molar-refractivity contribution in [3.05, 3.63) is 47.5 Å². The molecule has 1 aliphatic heterocycles. The summed E-state index contributed by atoms with van der Waals surface area (Å²) >= 11 is 0. The zero-order valence-electron chi connectivity index (χ0n) is 17.1. The topological polar surface area (TPSA) is 104 Å². The molecule has 2 aromatic heterocycles. The molecule has 8 nitrogen and oxygen atoms in total. The first-order chi connectivity index (χ1) is 15.5. The second-order valence-corrected chi connectivity index (χ2v) is 7.59. The van der Waals surface area contributed by atoms with Gasteiger partial charge >= 0.3 is 12.2 Å². The Kier molecular flexibility index (Phi) is 5.82. The van der Waals surface area contributed by atoms with Gasteiger partial charge in [-0.2, -0.15) is 13.2 Å². The number of aliphatic hydroxyl groups excluding tert-OH is 1. The minimum absolute atomic E-state index is 0.0198. The number of aromatic nitrogens is 2. The zero-order chi connectivity index (χ0) is 23.9. The number of amides is 2. The number of benzene rings is 1. The molecule has 0 bridgehead atoms. The van der Waals surface area contributed by atoms with Crippen molar-refractivity contribution in [2.45, 2.75) is 31.7 Å². The van der Waals surface area contributed by atoms with E-state index in [2.05, 4.69) is 15.3 Å². The molecule has 3 aromatic rings. The van der Waals surface area contributed by atoms with Crippen LogP contribution in [0.2, 0.25) is 0 Å². The molecule has 13 heteroatoms. The van der Waals surface area contributed by atoms with Crippen molar-refractivity contribution in [2.75, 3.05) is 23.3 Å². The molecule has 1 aromatic carbocycles. The van der Waals surface area contributed by atoms with Crippen molar-refractivity contribution in [1.29, 1.82) is 0 Å². The molecule has 3 heterocycles. The average molecular weight is 471 g/mol. The summed E-state index contributed by atoms with van der Waals surface area (Å²) in [6.45, 7) is 2.10. The van der Waals surface area contributed by atoms with Gasteiger partial charge in [0.05, 0.1) is 24.2 Å². The third kappa shape index (κ3) is 4.67. The SMILES string of the molecule is Cc1c([C@H](NC(=O)Nc2cnc(N3CC[C@H](O)C3)nc2)C(F)(F)F)oc2c(F)cc(F)cc12. The fourth-order valence-electron chi connectivity index (χ4n) is 3.60. The average Bonchev–Trinajstić information content (AvgIpc) is 3.30. The molecule has 0 aliphatic carbocycles. The number of halogens is 5. The predicted octanol–water partition coefficient (Wildman–Crippen LogP) is 3.81. The lowest BCUT2D eigenvalue weighted by molar-refractivity contribution is -0.158. The van der Waals surface area contributed by atoms with Crippen molar-refractivity contribution in [1.82, 2.24) is 15.3 Å². The van der Waals surface area contributed by atoms with Crippen LogP contribution in [0.1, 0.15) is 23.8 Å². The Labute approximate surface area is 183 Å². The summed E-state index contributed by atoms with van der Waals surface area (Å²) < 4.78 is 73.7. The number of furan rings is 1. The summed E-state index contributed by atoms with van der Waals surface area (Å²) in [5, 5.41) is 13.3. The van der Waals surface area contributed by atoms with Crippen LogP contribution in [0.4, 0.5) is 38.4 Å². The molecule has 33 heavy (non-hydrogen) atoms. The Balaban J connectivity index is 1.53. The fraction of sp³-hybridized carbons (Fsp3) is 0.350. The van der Waals surface area contributed by atoms with Gasteiger partial charge < -0.3 is 25.1 Å². The van der Waals surface area contributed by atoms with Gasteiger partial charge in [0.25, 0.3) is 0 Å². The lowest BCUT2D eigenvalue weighted by Gasteiger charge is -2.21. The van der Waals surface area contributed by atoms with Crippen LogP contribution >= 0.6 is 0 Å². The van der Waals surface area contributed by atoms with Crippen LogP contribution in [0.15, 0.2) is 28.9 Å². The van der Waals surface area contributed by atoms with E-state index in [-0.39, 0.29) is 16.6 Å². The number of urea groups is 1. The zero-order valence-corrected chi connectivity index (χ0v) is 17.1. The molecule has 1 fully saturated rings. The summed E-state index contributed by atoms with van der Waals surface area (Å²) in [4.78, 5) is 22.1. The maximum absolute atomic E-state index is 14.0. The van der Waals surface area contributed by atoms with Gasteiger partial charge in [-0.15, -0.1) is 0 Å². The highest BCUT2D eigenvalue weighted by atomic mass is 19.4. The number of β-amino-alcohol motifs (C(OH)–C–C–N with tert-alkyl or cyclic N) is 1. The van der Waals surface area contributed by atoms with E-state index in [0.29, 0.717) is 31.5 Å². The van der Waals surface area contributed by atoms with Crippen LogP contribution in [0.3, 0.4) is 0 Å². The maximum Gasteiger partial charge on any atom is 0.416 e. The molecular weight excluding hydrogens is 453 g/mol. The van der Waals surface area contributed by atoms with Crippen LogP contribution in [0, 0.1) is 18.6 Å². The van der Waals surface area contributed by atoms with E-state index in [9.17, 15) is 31.9 Å². The molecule has 0 unspecified atom stereocenters. The summed E-state index contributed by atoms with van der Waals surface area (Å²) in [5.74, 6) is -2.60. The maximum atomic E-state index is 14.0. The van der Waals surface area contributed by atoms with Crippen LogP contribution in [0.25, 0.3) is 11.0 Å². The second-order valence-electron chi connectivity index (χ2n) is 7.59. The molecule has 176 valence electrons. The van der Waals surface area contributed by atoms with E-state index in [1.54, 1.807) is 10.2 Å². The Hall–Kier alpha value is -3.48. The van der Waals surface area contributed by atoms with Gasteiger partial charge in [-0.3, -0.25) is 0 Å². The number of carbonyl (C=O) groups is 1. The van der Waals surface area contributed by atoms with Crippen LogP contribution in [-0.2, 0) is 0 Å². The van der Waals surface area contributed by atoms with E-state index < -0.39 is 47.3 Å². The Morgan fingerprint density at radius 2 is 1.97 bits per heavy atom. The first-order valence-electron chi connectivity index (χ1n) is 9.80. The van der Waals surface area contributed by atoms with Crippen molar-refractivity contribution in [3.8, 4) is 0 Å². The number of rotatable bonds is 4. The smallest absolute Gasteiger partial charge is 0.416 e. The molecule has 0 spiro atoms. The minimum atomic E-state index is -5.00. The van der Waals surface area contributed by atoms with E-state index in [1.165, 1.54) is 19.3 Å². The molecule has 3 N–H and O–H groups in total. The summed E-state index contributed by atoms with van der Waals surface area (Å²) in [6.07, 6.45) is -2.52. The highest BCUT2D eigenvalue weighted by molar-refractivity contribution is 5.89. The van der Waals surface area contributed by atoms with Crippen LogP contribution < -0.4 is 15.5 Å². The first kappa shape index (κ1) is 22.7. The quantitative estimate of drug-likeness (QED) is 0.500. The number of carbonyl (C=O) groups excluding carboxylic acids is 1. The molecular formula is C20H18F5N5O3. The molecule has 0 saturated carbocycles. The normalized spacial score (nSPS) is 17.4. The molecule has 2 atom stereocenters. The summed E-state index contributed by atoms with van der Waals surface area (Å²) in [5.41, 5.74) is -0.686. The third-order valence-corrected chi connectivity index (χ3v) is 5.20. The number of alkyl halides is 3. The minimum Gasteiger partial charge on any atom is -0.455 e. The van der Waals surface area contributed by atoms with Crippen LogP contribution in [-0.4, -0.2) is 46.5 Å². The predicted molar refractivity (Wildman–Crippen MR) is 107 cm³/mol. The Morgan fingerprint density at radius 3 is 2.58 bits per heavy atom. The van der Waals surface area contributed by atoms with Gasteiger partial charge in [-0.1, -0.05) is 0 Å². The second kappa shape index (κ2) is 8.46. The van der Waals surface area contributed by atoms with Gasteiger partial charge in [0, 0.05) is 30.1 Å². The molecule has 1 saturated heterocycles. The number of anilines is 2. The van der Waals surface area contributed by atoms with E-state index in [1.807, 2.05) is 0 Å². The number of aryl methyl sites for hydroxylation is 1. The number of hydrogen-bond donors (Lipinski definition) is 3. The van der Waals surface area contributed by atoms with E-state index >= 15 is 0 Å². The standard InChI is InChI=1S/C20H18F5N5O3/c1-9-13-4-10(21)5-14(22)16(13)33-15(9)17(20(23,24)25)29-19(32)28-11-6-26-18(27-7-11)30-3-2-12(31)8-30/h4-7,12,17,31H,2-3,8H2,1H3,(H2,28,29,32)/t12-,17-/m0/s1. The number of nitrogens with one attached hydrogen (secondary N) is 2. The van der Waals surface area contributed by atoms with Crippen LogP contribution in [0.5, 0.6) is 0 Å². The molecule has 4 rings (SSSR count). The van der Waals surface area contributed by atoms with Crippen molar-refractivity contribution in [3.63, 3.8) is 0 Å². The third-order valence-electron chi connectivity index (χ3n) is 5.20. The fourth-order valence-corrected chi connectivity index (χ4v) is 3.60. The number of nitrogens with zero attached hydrogens (tertiary/aromatic N) is 3. The first-order valence-corrected chi connectivity index (χ1v) is 9.80. The number of hydrogen-bond acceptors (Lipinski definition) is 6. The molecule has 1 aliphatic rings. The van der Waals surface area contributed by atoms with Gasteiger partial charge in [0.15, 0.2) is 17.4 Å². The van der Waals surface area contributed by atoms with E-state index in [4.69, 9.17) is 4.42 Å². The van der Waals surface area contributed by atoms with Gasteiger partial charge in [0.2, 0.25) is 5.95 Å². The van der Waals surface area contributed by atoms with Gasteiger partial charge in [-0.05, 0) is 19.4 Å². The monoisotopic (exact) mass is 471 g/mol. The van der Waals surface area contributed by atoms with Crippen molar-refractivity contribution >= 4 is 28.6 Å². The van der Waals surface area contributed by atoms with Gasteiger partial charge in [0.1, 0.15) is 11.6 Å². The Morgan fingerprint density at radius 1 is 1.27 bits per heavy atom. The van der Waals surface area contributed by atoms with Gasteiger partial charge in [-0.25, -0.2) is 23.5 Å².